The lowest BCUT2D eigenvalue weighted by molar-refractivity contribution is -0.148. The Morgan fingerprint density at radius 2 is 1.91 bits per heavy atom. The van der Waals surface area contributed by atoms with Crippen LogP contribution in [0.1, 0.15) is 31.2 Å². The van der Waals surface area contributed by atoms with Crippen LogP contribution in [0, 0.1) is 12.8 Å². The normalized spacial score (nSPS) is 15.3. The first-order valence-corrected chi connectivity index (χ1v) is 8.16. The molecule has 1 aromatic rings. The number of likely N-dealkylation sites (tertiary alicyclic amines) is 1. The van der Waals surface area contributed by atoms with E-state index in [2.05, 4.69) is 0 Å². The Balaban J connectivity index is 1.66. The molecule has 1 fully saturated rings. The third-order valence-electron chi connectivity index (χ3n) is 4.27. The molecule has 0 N–H and O–H groups in total. The van der Waals surface area contributed by atoms with Gasteiger partial charge in [-0.1, -0.05) is 18.2 Å². The number of ether oxygens (including phenoxy) is 2. The predicted molar refractivity (Wildman–Crippen MR) is 87.2 cm³/mol. The maximum atomic E-state index is 12.2. The zero-order valence-corrected chi connectivity index (χ0v) is 13.9. The van der Waals surface area contributed by atoms with Crippen molar-refractivity contribution in [3.8, 4) is 5.75 Å². The highest BCUT2D eigenvalue weighted by Gasteiger charge is 2.27. The van der Waals surface area contributed by atoms with Gasteiger partial charge in [0.25, 0.3) is 0 Å². The van der Waals surface area contributed by atoms with E-state index in [4.69, 9.17) is 9.47 Å². The number of esters is 1. The molecule has 0 bridgehead atoms. The van der Waals surface area contributed by atoms with E-state index in [0.717, 1.165) is 11.3 Å². The van der Waals surface area contributed by atoms with E-state index < -0.39 is 0 Å². The van der Waals surface area contributed by atoms with Gasteiger partial charge in [0.05, 0.1) is 19.6 Å². The van der Waals surface area contributed by atoms with Gasteiger partial charge in [-0.3, -0.25) is 9.59 Å². The number of methoxy groups -OCH3 is 1. The molecule has 1 heterocycles. The highest BCUT2D eigenvalue weighted by atomic mass is 16.5. The van der Waals surface area contributed by atoms with Crippen LogP contribution in [0.5, 0.6) is 5.75 Å². The first-order valence-electron chi connectivity index (χ1n) is 8.16. The summed E-state index contributed by atoms with van der Waals surface area (Å²) in [5, 5.41) is 0. The Labute approximate surface area is 137 Å². The Morgan fingerprint density at radius 1 is 1.22 bits per heavy atom. The van der Waals surface area contributed by atoms with Crippen LogP contribution in [0.25, 0.3) is 0 Å². The van der Waals surface area contributed by atoms with E-state index >= 15 is 0 Å². The summed E-state index contributed by atoms with van der Waals surface area (Å²) in [6.45, 7) is 3.82. The van der Waals surface area contributed by atoms with E-state index in [1.807, 2.05) is 36.1 Å². The summed E-state index contributed by atoms with van der Waals surface area (Å²) in [6, 6.07) is 7.86. The average Bonchev–Trinajstić information content (AvgIpc) is 2.59. The molecule has 0 atom stereocenters. The molecule has 1 aliphatic heterocycles. The third kappa shape index (κ3) is 4.98. The number of carbonyl (C=O) groups excluding carboxylic acids is 2. The molecule has 0 spiro atoms. The summed E-state index contributed by atoms with van der Waals surface area (Å²) >= 11 is 0. The zero-order valence-electron chi connectivity index (χ0n) is 13.9. The van der Waals surface area contributed by atoms with Crippen LogP contribution >= 0.6 is 0 Å². The standard InChI is InChI=1S/C18H25NO4/c1-14-6-3-4-7-16(14)23-13-5-8-17(20)19-11-9-15(10-12-19)18(21)22-2/h3-4,6-7,15H,5,8-13H2,1-2H3. The van der Waals surface area contributed by atoms with Gasteiger partial charge in [-0.2, -0.15) is 0 Å². The number of carbonyl (C=O) groups is 2. The van der Waals surface area contributed by atoms with E-state index in [9.17, 15) is 9.59 Å². The van der Waals surface area contributed by atoms with Gasteiger partial charge >= 0.3 is 5.97 Å². The van der Waals surface area contributed by atoms with E-state index in [0.29, 0.717) is 45.4 Å². The van der Waals surface area contributed by atoms with Gasteiger partial charge in [0, 0.05) is 19.5 Å². The molecule has 5 nitrogen and oxygen atoms in total. The van der Waals surface area contributed by atoms with Gasteiger partial charge in [-0.05, 0) is 37.8 Å². The molecule has 23 heavy (non-hydrogen) atoms. The van der Waals surface area contributed by atoms with Gasteiger partial charge in [0.1, 0.15) is 5.75 Å². The zero-order chi connectivity index (χ0) is 16.7. The quantitative estimate of drug-likeness (QED) is 0.597. The summed E-state index contributed by atoms with van der Waals surface area (Å²) in [4.78, 5) is 25.5. The Kier molecular flexibility index (Phi) is 6.44. The second-order valence-electron chi connectivity index (χ2n) is 5.90. The lowest BCUT2D eigenvalue weighted by Crippen LogP contribution is -2.40. The number of para-hydroxylation sites is 1. The molecule has 0 aromatic heterocycles. The Hall–Kier alpha value is -2.04. The minimum atomic E-state index is -0.163. The van der Waals surface area contributed by atoms with Crippen LogP contribution in [0.2, 0.25) is 0 Å². The Bertz CT molecular complexity index is 536. The van der Waals surface area contributed by atoms with Gasteiger partial charge in [-0.25, -0.2) is 0 Å². The summed E-state index contributed by atoms with van der Waals surface area (Å²) in [7, 11) is 1.41. The van der Waals surface area contributed by atoms with E-state index in [-0.39, 0.29) is 17.8 Å². The van der Waals surface area contributed by atoms with Gasteiger partial charge < -0.3 is 14.4 Å². The number of hydrogen-bond acceptors (Lipinski definition) is 4. The fourth-order valence-electron chi connectivity index (χ4n) is 2.81. The summed E-state index contributed by atoms with van der Waals surface area (Å²) in [5.41, 5.74) is 1.10. The topological polar surface area (TPSA) is 55.8 Å². The molecule has 1 aliphatic rings. The summed E-state index contributed by atoms with van der Waals surface area (Å²) in [5.74, 6) is 0.790. The van der Waals surface area contributed by atoms with Crippen molar-refractivity contribution in [1.29, 1.82) is 0 Å². The Morgan fingerprint density at radius 3 is 2.57 bits per heavy atom. The number of piperidine rings is 1. The molecule has 0 saturated carbocycles. The molecule has 0 unspecified atom stereocenters. The maximum absolute atomic E-state index is 12.2. The monoisotopic (exact) mass is 319 g/mol. The minimum absolute atomic E-state index is 0.0616. The lowest BCUT2D eigenvalue weighted by atomic mass is 9.97. The van der Waals surface area contributed by atoms with Crippen LogP contribution in [-0.4, -0.2) is 43.6 Å². The first kappa shape index (κ1) is 17.3. The first-order chi connectivity index (χ1) is 11.1. The number of benzene rings is 1. The molecule has 126 valence electrons. The molecule has 0 aliphatic carbocycles. The van der Waals surface area contributed by atoms with Crippen molar-refractivity contribution in [3.63, 3.8) is 0 Å². The summed E-state index contributed by atoms with van der Waals surface area (Å²) in [6.07, 6.45) is 2.56. The number of aryl methyl sites for hydroxylation is 1. The number of amides is 1. The average molecular weight is 319 g/mol. The second kappa shape index (κ2) is 8.56. The second-order valence-corrected chi connectivity index (χ2v) is 5.90. The molecule has 0 radical (unpaired) electrons. The molecule has 2 rings (SSSR count). The van der Waals surface area contributed by atoms with Crippen molar-refractivity contribution < 1.29 is 19.1 Å². The molecular weight excluding hydrogens is 294 g/mol. The molecule has 5 heteroatoms. The van der Waals surface area contributed by atoms with E-state index in [1.165, 1.54) is 7.11 Å². The van der Waals surface area contributed by atoms with Crippen LogP contribution in [0.3, 0.4) is 0 Å². The number of hydrogen-bond donors (Lipinski definition) is 0. The van der Waals surface area contributed by atoms with Crippen molar-refractivity contribution in [2.45, 2.75) is 32.6 Å². The molecular formula is C18H25NO4. The van der Waals surface area contributed by atoms with Crippen molar-refractivity contribution in [3.05, 3.63) is 29.8 Å². The number of nitrogens with zero attached hydrogens (tertiary/aromatic N) is 1. The molecule has 1 aromatic carbocycles. The van der Waals surface area contributed by atoms with Crippen molar-refractivity contribution in [2.75, 3.05) is 26.8 Å². The van der Waals surface area contributed by atoms with Crippen LogP contribution in [0.4, 0.5) is 0 Å². The number of rotatable bonds is 6. The smallest absolute Gasteiger partial charge is 0.308 e. The molecule has 1 amide bonds. The highest BCUT2D eigenvalue weighted by Crippen LogP contribution is 2.20. The van der Waals surface area contributed by atoms with Crippen LogP contribution < -0.4 is 4.74 Å². The predicted octanol–water partition coefficient (Wildman–Crippen LogP) is 2.57. The van der Waals surface area contributed by atoms with Gasteiger partial charge in [0.15, 0.2) is 0 Å². The van der Waals surface area contributed by atoms with Gasteiger partial charge in [0.2, 0.25) is 5.91 Å². The fourth-order valence-corrected chi connectivity index (χ4v) is 2.81. The largest absolute Gasteiger partial charge is 0.493 e. The van der Waals surface area contributed by atoms with E-state index in [1.54, 1.807) is 0 Å². The molecule has 1 saturated heterocycles. The van der Waals surface area contributed by atoms with Crippen molar-refractivity contribution >= 4 is 11.9 Å². The van der Waals surface area contributed by atoms with Crippen molar-refractivity contribution in [1.82, 2.24) is 4.90 Å². The fraction of sp³-hybridized carbons (Fsp3) is 0.556. The van der Waals surface area contributed by atoms with Crippen molar-refractivity contribution in [2.24, 2.45) is 5.92 Å². The third-order valence-corrected chi connectivity index (χ3v) is 4.27. The maximum Gasteiger partial charge on any atom is 0.308 e. The lowest BCUT2D eigenvalue weighted by Gasteiger charge is -2.30. The van der Waals surface area contributed by atoms with Gasteiger partial charge in [-0.15, -0.1) is 0 Å². The summed E-state index contributed by atoms with van der Waals surface area (Å²) < 4.78 is 10.5. The SMILES string of the molecule is COC(=O)C1CCN(C(=O)CCCOc2ccccc2C)CC1. The highest BCUT2D eigenvalue weighted by molar-refractivity contribution is 5.77. The van der Waals surface area contributed by atoms with Crippen LogP contribution in [0.15, 0.2) is 24.3 Å². The minimum Gasteiger partial charge on any atom is -0.493 e. The van der Waals surface area contributed by atoms with Crippen LogP contribution in [-0.2, 0) is 14.3 Å².